The lowest BCUT2D eigenvalue weighted by Crippen LogP contribution is -2.45. The molecule has 0 radical (unpaired) electrons. The average molecular weight is 955 g/mol. The van der Waals surface area contributed by atoms with Gasteiger partial charge < -0.3 is 29.6 Å². The molecule has 2 unspecified atom stereocenters. The summed E-state index contributed by atoms with van der Waals surface area (Å²) in [4.78, 5) is 32.9. The quantitative estimate of drug-likeness (QED) is 0.112. The topological polar surface area (TPSA) is 110 Å². The van der Waals surface area contributed by atoms with Gasteiger partial charge in [-0.1, -0.05) is 76.8 Å². The summed E-state index contributed by atoms with van der Waals surface area (Å²) >= 11 is 14.0. The standard InChI is InChI=1S/C37H53Br4N3O6/c1-25(2)15-12-10-8-6-5-7-9-11-13-16-31(45)44(3)19-14-20-49-33-27(38)21-26(22-28(33)39)17-18-42-36(47)30-24-37(50-43-30)23-29(40)34(48-4)32(41)35(37)46/h21-23,25,35,46H,5-20,24H2,1-4H3,(H,42,47). The van der Waals surface area contributed by atoms with Gasteiger partial charge in [-0.25, -0.2) is 0 Å². The van der Waals surface area contributed by atoms with Gasteiger partial charge in [-0.3, -0.25) is 9.59 Å². The Bertz CT molecular complexity index is 1360. The second-order valence-electron chi connectivity index (χ2n) is 13.6. The van der Waals surface area contributed by atoms with Crippen molar-refractivity contribution in [3.8, 4) is 5.75 Å². The number of amides is 2. The number of oxime groups is 1. The van der Waals surface area contributed by atoms with Crippen molar-refractivity contribution in [3.63, 3.8) is 0 Å². The molecule has 0 aromatic heterocycles. The summed E-state index contributed by atoms with van der Waals surface area (Å²) in [5.41, 5.74) is -0.00579. The second-order valence-corrected chi connectivity index (χ2v) is 17.0. The first-order valence-corrected chi connectivity index (χ1v) is 20.9. The van der Waals surface area contributed by atoms with Crippen molar-refractivity contribution < 1.29 is 29.0 Å². The minimum absolute atomic E-state index is 0.104. The number of aliphatic hydroxyl groups excluding tert-OH is 1. The Kier molecular flexibility index (Phi) is 18.9. The SMILES string of the molecule is COC1=C(Br)C(O)C2(C=C1Br)CC(C(=O)NCCc1cc(Br)c(OCCCN(C)C(=O)CCCCCCCCCCCC(C)C)c(Br)c1)=NO2. The van der Waals surface area contributed by atoms with Crippen LogP contribution in [0.25, 0.3) is 0 Å². The number of nitrogens with one attached hydrogen (secondary N) is 1. The zero-order valence-corrected chi connectivity index (χ0v) is 36.1. The molecule has 0 fully saturated rings. The third-order valence-electron chi connectivity index (χ3n) is 8.98. The lowest BCUT2D eigenvalue weighted by molar-refractivity contribution is -0.130. The minimum atomic E-state index is -1.20. The maximum atomic E-state index is 12.9. The molecule has 9 nitrogen and oxygen atoms in total. The molecule has 1 spiro atoms. The van der Waals surface area contributed by atoms with Gasteiger partial charge in [-0.15, -0.1) is 0 Å². The van der Waals surface area contributed by atoms with Gasteiger partial charge in [0.2, 0.25) is 5.91 Å². The molecular formula is C37H53Br4N3O6. The van der Waals surface area contributed by atoms with Gasteiger partial charge in [0.1, 0.15) is 23.3 Å². The molecule has 1 heterocycles. The number of benzene rings is 1. The summed E-state index contributed by atoms with van der Waals surface area (Å²) in [7, 11) is 3.37. The maximum absolute atomic E-state index is 12.9. The van der Waals surface area contributed by atoms with Crippen molar-refractivity contribution in [1.29, 1.82) is 0 Å². The van der Waals surface area contributed by atoms with Crippen LogP contribution in [-0.4, -0.2) is 73.1 Å². The number of carbonyl (C=O) groups is 2. The van der Waals surface area contributed by atoms with E-state index in [1.54, 1.807) is 6.08 Å². The number of hydrogen-bond donors (Lipinski definition) is 2. The Morgan fingerprint density at radius 2 is 1.64 bits per heavy atom. The first-order chi connectivity index (χ1) is 23.9. The van der Waals surface area contributed by atoms with Crippen molar-refractivity contribution in [2.24, 2.45) is 11.1 Å². The molecule has 2 atom stereocenters. The molecule has 1 aliphatic heterocycles. The molecule has 2 aliphatic rings. The van der Waals surface area contributed by atoms with Crippen LogP contribution in [0.2, 0.25) is 0 Å². The number of methoxy groups -OCH3 is 1. The summed E-state index contributed by atoms with van der Waals surface area (Å²) in [6.45, 7) is 6.10. The third kappa shape index (κ3) is 13.2. The number of rotatable bonds is 22. The summed E-state index contributed by atoms with van der Waals surface area (Å²) in [6, 6.07) is 3.94. The van der Waals surface area contributed by atoms with E-state index in [-0.39, 0.29) is 23.9 Å². The summed E-state index contributed by atoms with van der Waals surface area (Å²) < 4.78 is 14.0. The highest BCUT2D eigenvalue weighted by Gasteiger charge is 2.50. The predicted molar refractivity (Wildman–Crippen MR) is 214 cm³/mol. The molecule has 2 amide bonds. The normalized spacial score (nSPS) is 18.6. The van der Waals surface area contributed by atoms with Crippen molar-refractivity contribution >= 4 is 81.2 Å². The van der Waals surface area contributed by atoms with Crippen LogP contribution in [0.15, 0.2) is 47.0 Å². The molecule has 3 rings (SSSR count). The molecule has 1 aromatic rings. The van der Waals surface area contributed by atoms with Crippen LogP contribution < -0.4 is 10.1 Å². The van der Waals surface area contributed by atoms with E-state index in [0.717, 1.165) is 39.7 Å². The number of allylic oxidation sites excluding steroid dienone is 1. The molecule has 1 aliphatic carbocycles. The highest BCUT2D eigenvalue weighted by atomic mass is 79.9. The van der Waals surface area contributed by atoms with Gasteiger partial charge in [-0.2, -0.15) is 0 Å². The van der Waals surface area contributed by atoms with Crippen molar-refractivity contribution in [2.45, 2.75) is 115 Å². The molecule has 280 valence electrons. The Balaban J connectivity index is 1.29. The van der Waals surface area contributed by atoms with Crippen molar-refractivity contribution in [1.82, 2.24) is 10.2 Å². The molecule has 50 heavy (non-hydrogen) atoms. The zero-order valence-electron chi connectivity index (χ0n) is 29.8. The number of nitrogens with zero attached hydrogens (tertiary/aromatic N) is 2. The summed E-state index contributed by atoms with van der Waals surface area (Å²) in [5, 5.41) is 17.7. The molecular weight excluding hydrogens is 902 g/mol. The summed E-state index contributed by atoms with van der Waals surface area (Å²) in [5.74, 6) is 1.82. The van der Waals surface area contributed by atoms with Crippen LogP contribution in [0.5, 0.6) is 5.75 Å². The van der Waals surface area contributed by atoms with Crippen LogP contribution in [0.3, 0.4) is 0 Å². The number of halogens is 4. The average Bonchev–Trinajstić information content (AvgIpc) is 3.50. The van der Waals surface area contributed by atoms with E-state index in [1.165, 1.54) is 58.5 Å². The number of carbonyl (C=O) groups excluding carboxylic acids is 2. The first kappa shape index (κ1) is 43.0. The Hall–Kier alpha value is -1.41. The van der Waals surface area contributed by atoms with Gasteiger partial charge in [0.25, 0.3) is 5.91 Å². The zero-order chi connectivity index (χ0) is 36.7. The highest BCUT2D eigenvalue weighted by Crippen LogP contribution is 2.44. The van der Waals surface area contributed by atoms with Crippen LogP contribution in [-0.2, 0) is 25.6 Å². The minimum Gasteiger partial charge on any atom is -0.495 e. The third-order valence-corrected chi connectivity index (χ3v) is 11.5. The van der Waals surface area contributed by atoms with Crippen LogP contribution in [0.4, 0.5) is 0 Å². The van der Waals surface area contributed by atoms with E-state index >= 15 is 0 Å². The predicted octanol–water partition coefficient (Wildman–Crippen LogP) is 9.47. The lowest BCUT2D eigenvalue weighted by Gasteiger charge is -2.33. The van der Waals surface area contributed by atoms with Crippen LogP contribution in [0.1, 0.15) is 103 Å². The fourth-order valence-electron chi connectivity index (χ4n) is 5.99. The number of unbranched alkanes of at least 4 members (excludes halogenated alkanes) is 8. The van der Waals surface area contributed by atoms with E-state index in [0.29, 0.717) is 53.0 Å². The molecule has 0 saturated carbocycles. The summed E-state index contributed by atoms with van der Waals surface area (Å²) in [6.07, 6.45) is 15.3. The molecule has 0 saturated heterocycles. The number of hydrogen-bond acceptors (Lipinski definition) is 7. The Morgan fingerprint density at radius 1 is 1.02 bits per heavy atom. The van der Waals surface area contributed by atoms with Crippen LogP contribution in [0, 0.1) is 5.92 Å². The van der Waals surface area contributed by atoms with Gasteiger partial charge in [0.15, 0.2) is 5.60 Å². The van der Waals surface area contributed by atoms with Gasteiger partial charge in [0, 0.05) is 33.0 Å². The van der Waals surface area contributed by atoms with E-state index in [1.807, 2.05) is 24.1 Å². The van der Waals surface area contributed by atoms with E-state index in [4.69, 9.17) is 14.3 Å². The monoisotopic (exact) mass is 951 g/mol. The van der Waals surface area contributed by atoms with Crippen LogP contribution >= 0.6 is 63.7 Å². The maximum Gasteiger partial charge on any atom is 0.269 e. The van der Waals surface area contributed by atoms with E-state index < -0.39 is 11.7 Å². The lowest BCUT2D eigenvalue weighted by atomic mass is 9.87. The van der Waals surface area contributed by atoms with Gasteiger partial charge >= 0.3 is 0 Å². The second kappa shape index (κ2) is 22.0. The Labute approximate surface area is 331 Å². The van der Waals surface area contributed by atoms with Gasteiger partial charge in [0.05, 0.1) is 31.6 Å². The van der Waals surface area contributed by atoms with Crippen molar-refractivity contribution in [2.75, 3.05) is 33.9 Å². The molecule has 2 N–H and O–H groups in total. The highest BCUT2D eigenvalue weighted by molar-refractivity contribution is 9.12. The fraction of sp³-hybridized carbons (Fsp3) is 0.649. The largest absolute Gasteiger partial charge is 0.495 e. The van der Waals surface area contributed by atoms with E-state index in [2.05, 4.69) is 88.0 Å². The Morgan fingerprint density at radius 3 is 2.26 bits per heavy atom. The van der Waals surface area contributed by atoms with Gasteiger partial charge in [-0.05, 0) is 113 Å². The number of ether oxygens (including phenoxy) is 2. The molecule has 1 aromatic carbocycles. The van der Waals surface area contributed by atoms with E-state index in [9.17, 15) is 14.7 Å². The molecule has 0 bridgehead atoms. The number of aliphatic hydroxyl groups is 1. The molecule has 13 heteroatoms. The smallest absolute Gasteiger partial charge is 0.269 e. The van der Waals surface area contributed by atoms with Crippen molar-refractivity contribution in [3.05, 3.63) is 47.4 Å². The fourth-order valence-corrected chi connectivity index (χ4v) is 9.30. The first-order valence-electron chi connectivity index (χ1n) is 17.8.